The molecular weight excluding hydrogens is 348 g/mol. The number of benzene rings is 2. The fraction of sp³-hybridized carbons (Fsp3) is 0.350. The van der Waals surface area contributed by atoms with Crippen molar-refractivity contribution in [2.24, 2.45) is 5.92 Å². The number of hydrogen-bond acceptors (Lipinski definition) is 4. The number of ketones is 1. The van der Waals surface area contributed by atoms with Crippen LogP contribution in [0.4, 0.5) is 11.4 Å². The van der Waals surface area contributed by atoms with Crippen LogP contribution < -0.4 is 9.62 Å². The van der Waals surface area contributed by atoms with Crippen LogP contribution >= 0.6 is 0 Å². The summed E-state index contributed by atoms with van der Waals surface area (Å²) < 4.78 is 27.9. The van der Waals surface area contributed by atoms with Crippen LogP contribution in [0, 0.1) is 5.92 Å². The summed E-state index contributed by atoms with van der Waals surface area (Å²) in [5, 5.41) is 0. The molecule has 0 radical (unpaired) electrons. The molecule has 0 atom stereocenters. The normalized spacial score (nSPS) is 17.3. The fourth-order valence-corrected chi connectivity index (χ4v) is 4.38. The molecule has 1 aliphatic heterocycles. The second-order valence-corrected chi connectivity index (χ2v) is 8.70. The molecule has 1 saturated heterocycles. The first kappa shape index (κ1) is 17.1. The molecule has 2 aliphatic rings. The minimum atomic E-state index is -3.68. The van der Waals surface area contributed by atoms with E-state index in [2.05, 4.69) is 9.62 Å². The molecule has 136 valence electrons. The van der Waals surface area contributed by atoms with Crippen molar-refractivity contribution in [3.8, 4) is 0 Å². The number of nitrogens with zero attached hydrogens (tertiary/aromatic N) is 1. The topological polar surface area (TPSA) is 66.5 Å². The number of anilines is 2. The number of sulfonamides is 1. The summed E-state index contributed by atoms with van der Waals surface area (Å²) in [4.78, 5) is 14.5. The zero-order valence-electron chi connectivity index (χ0n) is 14.5. The highest BCUT2D eigenvalue weighted by molar-refractivity contribution is 7.92. The highest BCUT2D eigenvalue weighted by atomic mass is 32.2. The van der Waals surface area contributed by atoms with E-state index in [0.29, 0.717) is 11.3 Å². The molecule has 0 aromatic heterocycles. The Balaban J connectivity index is 1.51. The van der Waals surface area contributed by atoms with Crippen LogP contribution in [0.3, 0.4) is 0 Å². The average molecular weight is 370 g/mol. The Morgan fingerprint density at radius 1 is 1.00 bits per heavy atom. The molecule has 0 unspecified atom stereocenters. The van der Waals surface area contributed by atoms with Crippen LogP contribution in [0.2, 0.25) is 0 Å². The van der Waals surface area contributed by atoms with E-state index in [1.54, 1.807) is 18.2 Å². The molecule has 0 amide bonds. The summed E-state index contributed by atoms with van der Waals surface area (Å²) in [7, 11) is -3.68. The molecular formula is C20H22N2O3S. The van der Waals surface area contributed by atoms with Crippen LogP contribution in [0.5, 0.6) is 0 Å². The van der Waals surface area contributed by atoms with Gasteiger partial charge in [-0.3, -0.25) is 9.52 Å². The average Bonchev–Trinajstić information content (AvgIpc) is 3.35. The molecule has 1 saturated carbocycles. The quantitative estimate of drug-likeness (QED) is 0.788. The SMILES string of the molecule is O=C(c1ccc(S(=O)(=O)Nc2cccc(N3CCCC3)c2)cc1)C1CC1. The second-order valence-electron chi connectivity index (χ2n) is 7.01. The van der Waals surface area contributed by atoms with E-state index < -0.39 is 10.0 Å². The van der Waals surface area contributed by atoms with Crippen LogP contribution in [0.1, 0.15) is 36.0 Å². The molecule has 5 nitrogen and oxygen atoms in total. The van der Waals surface area contributed by atoms with Gasteiger partial charge < -0.3 is 4.90 Å². The summed E-state index contributed by atoms with van der Waals surface area (Å²) in [6, 6.07) is 13.7. The van der Waals surface area contributed by atoms with Crippen LogP contribution in [0.15, 0.2) is 53.4 Å². The lowest BCUT2D eigenvalue weighted by Crippen LogP contribution is -2.18. The van der Waals surface area contributed by atoms with Crippen LogP contribution in [0.25, 0.3) is 0 Å². The van der Waals surface area contributed by atoms with E-state index >= 15 is 0 Å². The van der Waals surface area contributed by atoms with Gasteiger partial charge in [0.05, 0.1) is 10.6 Å². The maximum atomic E-state index is 12.7. The Kier molecular flexibility index (Phi) is 4.44. The minimum Gasteiger partial charge on any atom is -0.371 e. The zero-order chi connectivity index (χ0) is 18.1. The first-order valence-corrected chi connectivity index (χ1v) is 10.5. The maximum Gasteiger partial charge on any atom is 0.261 e. The molecule has 1 aliphatic carbocycles. The molecule has 4 rings (SSSR count). The molecule has 6 heteroatoms. The molecule has 2 aromatic carbocycles. The summed E-state index contributed by atoms with van der Waals surface area (Å²) in [5.74, 6) is 0.240. The summed E-state index contributed by atoms with van der Waals surface area (Å²) >= 11 is 0. The standard InChI is InChI=1S/C20H22N2O3S/c23-20(15-6-7-15)16-8-10-19(11-9-16)26(24,25)21-17-4-3-5-18(14-17)22-12-1-2-13-22/h3-5,8-11,14-15,21H,1-2,6-7,12-13H2. The number of carbonyl (C=O) groups excluding carboxylic acids is 1. The van der Waals surface area contributed by atoms with Crippen molar-refractivity contribution in [2.75, 3.05) is 22.7 Å². The Labute approximate surface area is 154 Å². The molecule has 26 heavy (non-hydrogen) atoms. The number of nitrogens with one attached hydrogen (secondary N) is 1. The Hall–Kier alpha value is -2.34. The Morgan fingerprint density at radius 2 is 1.69 bits per heavy atom. The van der Waals surface area contributed by atoms with E-state index in [1.807, 2.05) is 18.2 Å². The molecule has 2 aromatic rings. The van der Waals surface area contributed by atoms with E-state index in [4.69, 9.17) is 0 Å². The molecule has 0 bridgehead atoms. The minimum absolute atomic E-state index is 0.111. The zero-order valence-corrected chi connectivity index (χ0v) is 15.3. The fourth-order valence-electron chi connectivity index (χ4n) is 3.34. The van der Waals surface area contributed by atoms with Gasteiger partial charge in [0.1, 0.15) is 0 Å². The van der Waals surface area contributed by atoms with Gasteiger partial charge in [-0.2, -0.15) is 0 Å². The largest absolute Gasteiger partial charge is 0.371 e. The van der Waals surface area contributed by atoms with E-state index in [0.717, 1.165) is 31.6 Å². The lowest BCUT2D eigenvalue weighted by atomic mass is 10.1. The van der Waals surface area contributed by atoms with Crippen molar-refractivity contribution in [3.63, 3.8) is 0 Å². The molecule has 2 fully saturated rings. The third-order valence-electron chi connectivity index (χ3n) is 4.97. The van der Waals surface area contributed by atoms with Crippen molar-refractivity contribution >= 4 is 27.2 Å². The van der Waals surface area contributed by atoms with Crippen LogP contribution in [-0.4, -0.2) is 27.3 Å². The Bertz CT molecular complexity index is 912. The first-order valence-electron chi connectivity index (χ1n) is 9.05. The smallest absolute Gasteiger partial charge is 0.261 e. The van der Waals surface area contributed by atoms with Crippen molar-refractivity contribution in [1.29, 1.82) is 0 Å². The van der Waals surface area contributed by atoms with Crippen molar-refractivity contribution in [2.45, 2.75) is 30.6 Å². The lowest BCUT2D eigenvalue weighted by molar-refractivity contribution is 0.0967. The van der Waals surface area contributed by atoms with Gasteiger partial charge in [-0.15, -0.1) is 0 Å². The van der Waals surface area contributed by atoms with E-state index in [-0.39, 0.29) is 16.6 Å². The lowest BCUT2D eigenvalue weighted by Gasteiger charge is -2.18. The third kappa shape index (κ3) is 3.60. The molecule has 1 N–H and O–H groups in total. The molecule has 0 spiro atoms. The van der Waals surface area contributed by atoms with Gasteiger partial charge in [0.2, 0.25) is 0 Å². The number of carbonyl (C=O) groups is 1. The predicted octanol–water partition coefficient (Wildman–Crippen LogP) is 3.68. The highest BCUT2D eigenvalue weighted by Gasteiger charge is 2.30. The van der Waals surface area contributed by atoms with Gasteiger partial charge in [-0.25, -0.2) is 8.42 Å². The summed E-state index contributed by atoms with van der Waals surface area (Å²) in [6.45, 7) is 2.01. The highest BCUT2D eigenvalue weighted by Crippen LogP contribution is 2.33. The van der Waals surface area contributed by atoms with Gasteiger partial charge in [0.15, 0.2) is 5.78 Å². The first-order chi connectivity index (χ1) is 12.5. The Morgan fingerprint density at radius 3 is 2.35 bits per heavy atom. The summed E-state index contributed by atoms with van der Waals surface area (Å²) in [6.07, 6.45) is 4.21. The molecule has 1 heterocycles. The summed E-state index contributed by atoms with van der Waals surface area (Å²) in [5.41, 5.74) is 2.17. The number of Topliss-reactive ketones (excluding diaryl/α,β-unsaturated/α-hetero) is 1. The van der Waals surface area contributed by atoms with E-state index in [9.17, 15) is 13.2 Å². The van der Waals surface area contributed by atoms with Gasteiger partial charge >= 0.3 is 0 Å². The second kappa shape index (κ2) is 6.76. The number of rotatable bonds is 6. The van der Waals surface area contributed by atoms with Gasteiger partial charge in [0, 0.05) is 30.3 Å². The van der Waals surface area contributed by atoms with Gasteiger partial charge in [-0.05, 0) is 56.0 Å². The van der Waals surface area contributed by atoms with Crippen molar-refractivity contribution in [1.82, 2.24) is 0 Å². The van der Waals surface area contributed by atoms with Crippen molar-refractivity contribution in [3.05, 3.63) is 54.1 Å². The predicted molar refractivity (Wildman–Crippen MR) is 102 cm³/mol. The van der Waals surface area contributed by atoms with Gasteiger partial charge in [-0.1, -0.05) is 18.2 Å². The number of hydrogen-bond donors (Lipinski definition) is 1. The van der Waals surface area contributed by atoms with Gasteiger partial charge in [0.25, 0.3) is 10.0 Å². The third-order valence-corrected chi connectivity index (χ3v) is 6.36. The van der Waals surface area contributed by atoms with E-state index in [1.165, 1.54) is 25.0 Å². The maximum absolute atomic E-state index is 12.7. The monoisotopic (exact) mass is 370 g/mol. The van der Waals surface area contributed by atoms with Crippen molar-refractivity contribution < 1.29 is 13.2 Å². The van der Waals surface area contributed by atoms with Crippen LogP contribution in [-0.2, 0) is 10.0 Å².